The summed E-state index contributed by atoms with van der Waals surface area (Å²) in [4.78, 5) is 28.9. The van der Waals surface area contributed by atoms with Gasteiger partial charge in [0.05, 0.1) is 5.39 Å². The summed E-state index contributed by atoms with van der Waals surface area (Å²) < 4.78 is 1.65. The van der Waals surface area contributed by atoms with Crippen LogP contribution in [0.3, 0.4) is 0 Å². The predicted octanol–water partition coefficient (Wildman–Crippen LogP) is 2.16. The van der Waals surface area contributed by atoms with E-state index in [0.717, 1.165) is 42.9 Å². The maximum Gasteiger partial charge on any atom is 0.273 e. The van der Waals surface area contributed by atoms with E-state index >= 15 is 0 Å². The minimum Gasteiger partial charge on any atom is -0.356 e. The van der Waals surface area contributed by atoms with Crippen LogP contribution in [0.15, 0.2) is 4.79 Å². The number of nitrogens with one attached hydrogen (secondary N) is 3. The van der Waals surface area contributed by atoms with E-state index in [1.165, 1.54) is 12.8 Å². The summed E-state index contributed by atoms with van der Waals surface area (Å²) >= 11 is 0. The SMILES string of the molecule is Cc1nc2c(c(C)c1CCC(=O)NCCC1CCCNC1)c(=O)[nH]n2C.Cl.Cl. The highest BCUT2D eigenvalue weighted by atomic mass is 35.5. The van der Waals surface area contributed by atoms with Crippen LogP contribution < -0.4 is 16.2 Å². The topological polar surface area (TPSA) is 91.8 Å². The second-order valence-corrected chi connectivity index (χ2v) is 7.35. The van der Waals surface area contributed by atoms with Crippen LogP contribution >= 0.6 is 24.8 Å². The molecular weight excluding hydrogens is 401 g/mol. The van der Waals surface area contributed by atoms with Crippen molar-refractivity contribution in [2.45, 2.75) is 46.0 Å². The molecule has 1 unspecified atom stereocenters. The van der Waals surface area contributed by atoms with E-state index in [-0.39, 0.29) is 36.3 Å². The molecule has 2 aromatic heterocycles. The summed E-state index contributed by atoms with van der Waals surface area (Å²) in [6, 6.07) is 0. The van der Waals surface area contributed by atoms with Crippen LogP contribution in [-0.2, 0) is 18.3 Å². The van der Waals surface area contributed by atoms with Crippen molar-refractivity contribution in [1.82, 2.24) is 25.4 Å². The van der Waals surface area contributed by atoms with E-state index in [1.54, 1.807) is 11.7 Å². The number of fused-ring (bicyclic) bond motifs is 1. The summed E-state index contributed by atoms with van der Waals surface area (Å²) in [5, 5.41) is 9.81. The third-order valence-electron chi connectivity index (χ3n) is 5.45. The van der Waals surface area contributed by atoms with E-state index in [9.17, 15) is 9.59 Å². The molecule has 3 N–H and O–H groups in total. The number of nitrogens with zero attached hydrogens (tertiary/aromatic N) is 2. The number of hydrogen-bond acceptors (Lipinski definition) is 4. The molecule has 0 saturated carbocycles. The van der Waals surface area contributed by atoms with Gasteiger partial charge in [-0.3, -0.25) is 19.4 Å². The van der Waals surface area contributed by atoms with Gasteiger partial charge in [-0.25, -0.2) is 4.98 Å². The fourth-order valence-corrected chi connectivity index (χ4v) is 3.93. The van der Waals surface area contributed by atoms with E-state index in [1.807, 2.05) is 13.8 Å². The molecule has 0 spiro atoms. The molecule has 3 heterocycles. The number of aryl methyl sites for hydroxylation is 3. The molecule has 1 saturated heterocycles. The van der Waals surface area contributed by atoms with Crippen molar-refractivity contribution < 1.29 is 4.79 Å². The molecule has 0 radical (unpaired) electrons. The minimum atomic E-state index is -0.126. The van der Waals surface area contributed by atoms with Crippen molar-refractivity contribution in [2.24, 2.45) is 13.0 Å². The Morgan fingerprint density at radius 1 is 1.32 bits per heavy atom. The van der Waals surface area contributed by atoms with Crippen LogP contribution in [0, 0.1) is 19.8 Å². The lowest BCUT2D eigenvalue weighted by atomic mass is 9.96. The maximum atomic E-state index is 12.2. The first-order valence-corrected chi connectivity index (χ1v) is 9.49. The lowest BCUT2D eigenvalue weighted by Gasteiger charge is -2.22. The fourth-order valence-electron chi connectivity index (χ4n) is 3.93. The van der Waals surface area contributed by atoms with Gasteiger partial charge in [0.2, 0.25) is 5.91 Å². The molecule has 1 aliphatic rings. The Morgan fingerprint density at radius 2 is 2.07 bits per heavy atom. The lowest BCUT2D eigenvalue weighted by Crippen LogP contribution is -2.33. The van der Waals surface area contributed by atoms with Crippen LogP contribution in [-0.4, -0.2) is 40.3 Å². The van der Waals surface area contributed by atoms with E-state index in [4.69, 9.17) is 0 Å². The van der Waals surface area contributed by atoms with Gasteiger partial charge in [0, 0.05) is 25.7 Å². The Bertz CT molecular complexity index is 856. The fraction of sp³-hybridized carbons (Fsp3) is 0.632. The van der Waals surface area contributed by atoms with Crippen LogP contribution in [0.5, 0.6) is 0 Å². The number of hydrogen-bond donors (Lipinski definition) is 3. The number of H-pyrrole nitrogens is 1. The van der Waals surface area contributed by atoms with E-state index in [0.29, 0.717) is 29.8 Å². The van der Waals surface area contributed by atoms with Gasteiger partial charge < -0.3 is 10.6 Å². The predicted molar refractivity (Wildman–Crippen MR) is 117 cm³/mol. The largest absolute Gasteiger partial charge is 0.356 e. The highest BCUT2D eigenvalue weighted by Gasteiger charge is 2.16. The number of pyridine rings is 1. The van der Waals surface area contributed by atoms with Gasteiger partial charge >= 0.3 is 0 Å². The molecule has 158 valence electrons. The van der Waals surface area contributed by atoms with Gasteiger partial charge in [-0.1, -0.05) is 0 Å². The van der Waals surface area contributed by atoms with Gasteiger partial charge in [0.25, 0.3) is 5.56 Å². The Balaban J connectivity index is 0.00000196. The molecule has 3 rings (SSSR count). The monoisotopic (exact) mass is 431 g/mol. The second kappa shape index (κ2) is 10.8. The molecule has 1 atom stereocenters. The summed E-state index contributed by atoms with van der Waals surface area (Å²) in [6.45, 7) is 6.79. The first-order chi connectivity index (χ1) is 12.5. The van der Waals surface area contributed by atoms with Crippen molar-refractivity contribution in [1.29, 1.82) is 0 Å². The van der Waals surface area contributed by atoms with Gasteiger partial charge in [-0.15, -0.1) is 24.8 Å². The first-order valence-electron chi connectivity index (χ1n) is 9.49. The maximum absolute atomic E-state index is 12.2. The third-order valence-corrected chi connectivity index (χ3v) is 5.45. The van der Waals surface area contributed by atoms with Crippen molar-refractivity contribution in [3.05, 3.63) is 27.2 Å². The number of carbonyl (C=O) groups is 1. The highest BCUT2D eigenvalue weighted by molar-refractivity contribution is 5.85. The van der Waals surface area contributed by atoms with E-state index in [2.05, 4.69) is 20.7 Å². The number of carbonyl (C=O) groups excluding carboxylic acids is 1. The minimum absolute atomic E-state index is 0. The zero-order valence-electron chi connectivity index (χ0n) is 16.8. The van der Waals surface area contributed by atoms with Crippen LogP contribution in [0.1, 0.15) is 42.5 Å². The van der Waals surface area contributed by atoms with Crippen LogP contribution in [0.4, 0.5) is 0 Å². The van der Waals surface area contributed by atoms with Gasteiger partial charge in [0.15, 0.2) is 5.65 Å². The molecule has 9 heteroatoms. The molecular formula is C19H31Cl2N5O2. The third kappa shape index (κ3) is 5.49. The smallest absolute Gasteiger partial charge is 0.273 e. The molecule has 2 aromatic rings. The normalized spacial score (nSPS) is 16.3. The summed E-state index contributed by atoms with van der Waals surface area (Å²) in [5.74, 6) is 0.736. The van der Waals surface area contributed by atoms with Crippen molar-refractivity contribution in [3.63, 3.8) is 0 Å². The van der Waals surface area contributed by atoms with Crippen LogP contribution in [0.25, 0.3) is 11.0 Å². The number of piperidine rings is 1. The molecule has 1 amide bonds. The molecule has 1 aliphatic heterocycles. The highest BCUT2D eigenvalue weighted by Crippen LogP contribution is 2.21. The number of amides is 1. The average Bonchev–Trinajstić information content (AvgIpc) is 2.89. The summed E-state index contributed by atoms with van der Waals surface area (Å²) in [6.07, 6.45) is 4.53. The summed E-state index contributed by atoms with van der Waals surface area (Å²) in [7, 11) is 1.78. The van der Waals surface area contributed by atoms with Crippen molar-refractivity contribution >= 4 is 41.8 Å². The molecule has 1 fully saturated rings. The van der Waals surface area contributed by atoms with Crippen LogP contribution in [0.2, 0.25) is 0 Å². The van der Waals surface area contributed by atoms with E-state index < -0.39 is 0 Å². The van der Waals surface area contributed by atoms with Gasteiger partial charge in [-0.2, -0.15) is 0 Å². The standard InChI is InChI=1S/C19H29N5O2.2ClH/c1-12-15(13(2)22-18-17(12)19(26)23-24(18)3)6-7-16(25)21-10-8-14-5-4-9-20-11-14;;/h14,20H,4-11H2,1-3H3,(H,21,25)(H,23,26);2*1H. The lowest BCUT2D eigenvalue weighted by molar-refractivity contribution is -0.121. The number of aromatic amines is 1. The average molecular weight is 432 g/mol. The molecule has 28 heavy (non-hydrogen) atoms. The second-order valence-electron chi connectivity index (χ2n) is 7.35. The molecule has 0 aliphatic carbocycles. The molecule has 0 aromatic carbocycles. The molecule has 0 bridgehead atoms. The van der Waals surface area contributed by atoms with Gasteiger partial charge in [0.1, 0.15) is 0 Å². The Morgan fingerprint density at radius 3 is 2.75 bits per heavy atom. The number of halogens is 2. The molecule has 7 nitrogen and oxygen atoms in total. The first kappa shape index (κ1) is 24.5. The number of aromatic nitrogens is 3. The van der Waals surface area contributed by atoms with Crippen molar-refractivity contribution in [3.8, 4) is 0 Å². The number of rotatable bonds is 6. The summed E-state index contributed by atoms with van der Waals surface area (Å²) in [5.41, 5.74) is 3.35. The Hall–Kier alpha value is -1.57. The van der Waals surface area contributed by atoms with Crippen molar-refractivity contribution in [2.75, 3.05) is 19.6 Å². The van der Waals surface area contributed by atoms with Gasteiger partial charge in [-0.05, 0) is 69.7 Å². The quantitative estimate of drug-likeness (QED) is 0.653. The zero-order chi connectivity index (χ0) is 18.7. The Kier molecular flexibility index (Phi) is 9.47. The Labute approximate surface area is 177 Å². The zero-order valence-corrected chi connectivity index (χ0v) is 18.4.